The van der Waals surface area contributed by atoms with E-state index in [2.05, 4.69) is 20.5 Å². The van der Waals surface area contributed by atoms with Crippen LogP contribution in [0, 0.1) is 13.8 Å². The van der Waals surface area contributed by atoms with Gasteiger partial charge in [-0.1, -0.05) is 23.1 Å². The molecule has 0 saturated carbocycles. The van der Waals surface area contributed by atoms with Crippen LogP contribution in [0.5, 0.6) is 0 Å². The standard InChI is InChI=1S/C9H12N4OS2/c1-5-6(2)14-7(11-5)4-15-9-13-12-8(10-3)16-9/h4H2,1-3H3,(H,10,12). The van der Waals surface area contributed by atoms with Crippen molar-refractivity contribution in [2.75, 3.05) is 12.4 Å². The van der Waals surface area contributed by atoms with Crippen molar-refractivity contribution in [3.05, 3.63) is 17.3 Å². The Labute approximate surface area is 102 Å². The van der Waals surface area contributed by atoms with Crippen LogP contribution in [-0.2, 0) is 5.75 Å². The monoisotopic (exact) mass is 256 g/mol. The smallest absolute Gasteiger partial charge is 0.206 e. The summed E-state index contributed by atoms with van der Waals surface area (Å²) in [7, 11) is 1.83. The van der Waals surface area contributed by atoms with Crippen LogP contribution in [0.3, 0.4) is 0 Å². The molecule has 86 valence electrons. The lowest BCUT2D eigenvalue weighted by atomic mass is 10.4. The number of aryl methyl sites for hydroxylation is 2. The molecule has 0 amide bonds. The summed E-state index contributed by atoms with van der Waals surface area (Å²) in [6.07, 6.45) is 0. The second kappa shape index (κ2) is 4.84. The van der Waals surface area contributed by atoms with Crippen LogP contribution in [0.25, 0.3) is 0 Å². The summed E-state index contributed by atoms with van der Waals surface area (Å²) in [6.45, 7) is 3.86. The minimum Gasteiger partial charge on any atom is -0.445 e. The minimum atomic E-state index is 0.688. The Kier molecular flexibility index (Phi) is 3.45. The maximum Gasteiger partial charge on any atom is 0.206 e. The number of oxazole rings is 1. The van der Waals surface area contributed by atoms with E-state index in [0.717, 1.165) is 26.8 Å². The van der Waals surface area contributed by atoms with E-state index in [1.165, 1.54) is 11.3 Å². The van der Waals surface area contributed by atoms with Gasteiger partial charge in [0.2, 0.25) is 11.0 Å². The van der Waals surface area contributed by atoms with Crippen LogP contribution >= 0.6 is 23.1 Å². The lowest BCUT2D eigenvalue weighted by molar-refractivity contribution is 0.489. The molecule has 16 heavy (non-hydrogen) atoms. The fourth-order valence-electron chi connectivity index (χ4n) is 1.09. The number of nitrogens with one attached hydrogen (secondary N) is 1. The first-order valence-corrected chi connectivity index (χ1v) is 6.56. The molecule has 0 unspecified atom stereocenters. The van der Waals surface area contributed by atoms with Gasteiger partial charge in [-0.25, -0.2) is 4.98 Å². The van der Waals surface area contributed by atoms with Crippen molar-refractivity contribution in [2.45, 2.75) is 23.9 Å². The molecule has 0 aromatic carbocycles. The number of hydrogen-bond donors (Lipinski definition) is 1. The van der Waals surface area contributed by atoms with Crippen LogP contribution < -0.4 is 5.32 Å². The molecule has 0 atom stereocenters. The molecule has 1 N–H and O–H groups in total. The van der Waals surface area contributed by atoms with E-state index in [1.807, 2.05) is 20.9 Å². The van der Waals surface area contributed by atoms with Gasteiger partial charge >= 0.3 is 0 Å². The van der Waals surface area contributed by atoms with Gasteiger partial charge < -0.3 is 9.73 Å². The molecule has 2 rings (SSSR count). The van der Waals surface area contributed by atoms with E-state index >= 15 is 0 Å². The summed E-state index contributed by atoms with van der Waals surface area (Å²) in [5.41, 5.74) is 0.948. The van der Waals surface area contributed by atoms with Crippen molar-refractivity contribution in [1.29, 1.82) is 0 Å². The summed E-state index contributed by atoms with van der Waals surface area (Å²) in [5.74, 6) is 2.30. The van der Waals surface area contributed by atoms with Crippen LogP contribution in [0.15, 0.2) is 8.76 Å². The Bertz CT molecular complexity index is 460. The van der Waals surface area contributed by atoms with E-state index in [-0.39, 0.29) is 0 Å². The van der Waals surface area contributed by atoms with Crippen molar-refractivity contribution in [3.8, 4) is 0 Å². The zero-order valence-electron chi connectivity index (χ0n) is 9.27. The third-order valence-corrected chi connectivity index (χ3v) is 4.07. The molecule has 5 nitrogen and oxygen atoms in total. The van der Waals surface area contributed by atoms with Gasteiger partial charge in [-0.15, -0.1) is 10.2 Å². The fraction of sp³-hybridized carbons (Fsp3) is 0.444. The molecule has 7 heteroatoms. The molecule has 0 aliphatic rings. The highest BCUT2D eigenvalue weighted by Gasteiger charge is 2.08. The second-order valence-electron chi connectivity index (χ2n) is 3.16. The number of thioether (sulfide) groups is 1. The van der Waals surface area contributed by atoms with E-state index in [1.54, 1.807) is 11.8 Å². The van der Waals surface area contributed by atoms with Crippen molar-refractivity contribution in [3.63, 3.8) is 0 Å². The third-order valence-electron chi connectivity index (χ3n) is 2.01. The zero-order chi connectivity index (χ0) is 11.5. The maximum absolute atomic E-state index is 5.48. The van der Waals surface area contributed by atoms with Crippen molar-refractivity contribution in [2.24, 2.45) is 0 Å². The first-order chi connectivity index (χ1) is 7.69. The van der Waals surface area contributed by atoms with Gasteiger partial charge in [0.1, 0.15) is 5.76 Å². The van der Waals surface area contributed by atoms with Gasteiger partial charge in [0.15, 0.2) is 4.34 Å². The minimum absolute atomic E-state index is 0.688. The van der Waals surface area contributed by atoms with Gasteiger partial charge in [0, 0.05) is 7.05 Å². The predicted octanol–water partition coefficient (Wildman–Crippen LogP) is 2.48. The van der Waals surface area contributed by atoms with E-state index in [0.29, 0.717) is 5.75 Å². The van der Waals surface area contributed by atoms with Crippen LogP contribution in [0.1, 0.15) is 17.3 Å². The quantitative estimate of drug-likeness (QED) is 0.848. The lowest BCUT2D eigenvalue weighted by Crippen LogP contribution is -1.84. The first kappa shape index (κ1) is 11.4. The van der Waals surface area contributed by atoms with Gasteiger partial charge in [0.05, 0.1) is 11.4 Å². The second-order valence-corrected chi connectivity index (χ2v) is 5.36. The number of nitrogens with zero attached hydrogens (tertiary/aromatic N) is 3. The summed E-state index contributed by atoms with van der Waals surface area (Å²) < 4.78 is 6.39. The van der Waals surface area contributed by atoms with E-state index < -0.39 is 0 Å². The molecular formula is C9H12N4OS2. The molecule has 0 bridgehead atoms. The molecule has 2 aromatic rings. The molecule has 0 spiro atoms. The van der Waals surface area contributed by atoms with Gasteiger partial charge in [-0.2, -0.15) is 0 Å². The molecule has 0 saturated heterocycles. The van der Waals surface area contributed by atoms with Crippen LogP contribution in [-0.4, -0.2) is 22.2 Å². The summed E-state index contributed by atoms with van der Waals surface area (Å²) in [4.78, 5) is 4.31. The van der Waals surface area contributed by atoms with Crippen molar-refractivity contribution in [1.82, 2.24) is 15.2 Å². The molecule has 0 fully saturated rings. The maximum atomic E-state index is 5.48. The normalized spacial score (nSPS) is 10.7. The molecule has 0 radical (unpaired) electrons. The Morgan fingerprint density at radius 2 is 2.19 bits per heavy atom. The SMILES string of the molecule is CNc1nnc(SCc2nc(C)c(C)o2)s1. The highest BCUT2D eigenvalue weighted by Crippen LogP contribution is 2.28. The molecule has 2 heterocycles. The average molecular weight is 256 g/mol. The van der Waals surface area contributed by atoms with E-state index in [9.17, 15) is 0 Å². The van der Waals surface area contributed by atoms with Gasteiger partial charge in [0.25, 0.3) is 0 Å². The Balaban J connectivity index is 1.96. The molecular weight excluding hydrogens is 244 g/mol. The van der Waals surface area contributed by atoms with Crippen molar-refractivity contribution >= 4 is 28.2 Å². The van der Waals surface area contributed by atoms with Gasteiger partial charge in [-0.05, 0) is 13.8 Å². The van der Waals surface area contributed by atoms with Crippen LogP contribution in [0.2, 0.25) is 0 Å². The topological polar surface area (TPSA) is 63.8 Å². The Hall–Kier alpha value is -1.08. The molecule has 0 aliphatic heterocycles. The highest BCUT2D eigenvalue weighted by molar-refractivity contribution is 8.00. The van der Waals surface area contributed by atoms with E-state index in [4.69, 9.17) is 4.42 Å². The van der Waals surface area contributed by atoms with Gasteiger partial charge in [-0.3, -0.25) is 0 Å². The fourth-order valence-corrected chi connectivity index (χ4v) is 2.64. The number of rotatable bonds is 4. The molecule has 2 aromatic heterocycles. The Morgan fingerprint density at radius 3 is 2.75 bits per heavy atom. The zero-order valence-corrected chi connectivity index (χ0v) is 10.9. The first-order valence-electron chi connectivity index (χ1n) is 4.76. The molecule has 0 aliphatic carbocycles. The summed E-state index contributed by atoms with van der Waals surface area (Å²) in [5, 5.41) is 11.8. The number of anilines is 1. The number of aromatic nitrogens is 3. The largest absolute Gasteiger partial charge is 0.445 e. The van der Waals surface area contributed by atoms with Crippen LogP contribution in [0.4, 0.5) is 5.13 Å². The lowest BCUT2D eigenvalue weighted by Gasteiger charge is -1.90. The predicted molar refractivity (Wildman–Crippen MR) is 65.0 cm³/mol. The highest BCUT2D eigenvalue weighted by atomic mass is 32.2. The average Bonchev–Trinajstić information content (AvgIpc) is 2.84. The summed E-state index contributed by atoms with van der Waals surface area (Å²) >= 11 is 3.10. The Morgan fingerprint density at radius 1 is 1.38 bits per heavy atom. The third kappa shape index (κ3) is 2.53. The number of hydrogen-bond acceptors (Lipinski definition) is 7. The summed E-state index contributed by atoms with van der Waals surface area (Å²) in [6, 6.07) is 0. The van der Waals surface area contributed by atoms with Crippen molar-refractivity contribution < 1.29 is 4.42 Å².